The molecule has 2 rings (SSSR count). The van der Waals surface area contributed by atoms with Crippen LogP contribution in [0.5, 0.6) is 0 Å². The number of nitrogens with zero attached hydrogens (tertiary/aromatic N) is 2. The van der Waals surface area contributed by atoms with Crippen LogP contribution in [-0.4, -0.2) is 23.4 Å². The fraction of sp³-hybridized carbons (Fsp3) is 0.385. The van der Waals surface area contributed by atoms with Gasteiger partial charge in [0.15, 0.2) is 0 Å². The number of anilines is 1. The van der Waals surface area contributed by atoms with E-state index >= 15 is 0 Å². The minimum atomic E-state index is -0.657. The summed E-state index contributed by atoms with van der Waals surface area (Å²) in [4.78, 5) is 35.4. The van der Waals surface area contributed by atoms with Crippen LogP contribution in [0.4, 0.5) is 16.2 Å². The molecule has 1 heterocycles. The zero-order valence-corrected chi connectivity index (χ0v) is 11.3. The number of nitro groups is 1. The molecule has 1 aliphatic heterocycles. The standard InChI is InChI=1S/C13H15N3O4/c1-3-13(2)8-14-12(18)15(11(13)17)9-4-6-10(7-5-9)16(19)20/h4-7H,3,8H2,1-2H3,(H,14,18). The second-order valence-electron chi connectivity index (χ2n) is 4.99. The Bertz CT molecular complexity index is 569. The third-order valence-corrected chi connectivity index (χ3v) is 3.65. The predicted octanol–water partition coefficient (Wildman–Crippen LogP) is 2.07. The molecule has 1 aliphatic rings. The van der Waals surface area contributed by atoms with Crippen LogP contribution in [-0.2, 0) is 4.79 Å². The van der Waals surface area contributed by atoms with Gasteiger partial charge in [0.2, 0.25) is 5.91 Å². The molecule has 1 unspecified atom stereocenters. The van der Waals surface area contributed by atoms with Gasteiger partial charge < -0.3 is 5.32 Å². The largest absolute Gasteiger partial charge is 0.336 e. The maximum atomic E-state index is 12.4. The van der Waals surface area contributed by atoms with Crippen molar-refractivity contribution in [2.24, 2.45) is 5.41 Å². The van der Waals surface area contributed by atoms with Crippen molar-refractivity contribution in [3.63, 3.8) is 0 Å². The van der Waals surface area contributed by atoms with Crippen LogP contribution in [0.2, 0.25) is 0 Å². The van der Waals surface area contributed by atoms with Crippen molar-refractivity contribution in [2.45, 2.75) is 20.3 Å². The first-order chi connectivity index (χ1) is 9.39. The molecule has 0 saturated carbocycles. The summed E-state index contributed by atoms with van der Waals surface area (Å²) in [5.41, 5.74) is -0.412. The van der Waals surface area contributed by atoms with E-state index in [2.05, 4.69) is 5.32 Å². The van der Waals surface area contributed by atoms with Crippen LogP contribution >= 0.6 is 0 Å². The SMILES string of the molecule is CCC1(C)CNC(=O)N(c2ccc([N+](=O)[O-])cc2)C1=O. The third kappa shape index (κ3) is 2.22. The first kappa shape index (κ1) is 14.0. The van der Waals surface area contributed by atoms with Gasteiger partial charge in [0.05, 0.1) is 16.0 Å². The number of carbonyl (C=O) groups excluding carboxylic acids is 2. The lowest BCUT2D eigenvalue weighted by molar-refractivity contribution is -0.384. The number of hydrogen-bond donors (Lipinski definition) is 1. The molecule has 1 aromatic rings. The average Bonchev–Trinajstić information content (AvgIpc) is 2.44. The summed E-state index contributed by atoms with van der Waals surface area (Å²) in [6.07, 6.45) is 0.593. The number of imide groups is 1. The minimum absolute atomic E-state index is 0.0862. The van der Waals surface area contributed by atoms with Gasteiger partial charge in [-0.1, -0.05) is 6.92 Å². The normalized spacial score (nSPS) is 22.6. The molecule has 20 heavy (non-hydrogen) atoms. The Hall–Kier alpha value is -2.44. The molecule has 7 heteroatoms. The lowest BCUT2D eigenvalue weighted by Crippen LogP contribution is -2.59. The molecule has 1 fully saturated rings. The molecule has 0 aromatic heterocycles. The third-order valence-electron chi connectivity index (χ3n) is 3.65. The topological polar surface area (TPSA) is 92.6 Å². The number of nitro benzene ring substituents is 1. The summed E-state index contributed by atoms with van der Waals surface area (Å²) in [5, 5.41) is 13.3. The summed E-state index contributed by atoms with van der Waals surface area (Å²) in [5.74, 6) is -0.294. The summed E-state index contributed by atoms with van der Waals surface area (Å²) in [7, 11) is 0. The van der Waals surface area contributed by atoms with Crippen LogP contribution in [0.15, 0.2) is 24.3 Å². The van der Waals surface area contributed by atoms with Crippen molar-refractivity contribution >= 4 is 23.3 Å². The number of carbonyl (C=O) groups is 2. The highest BCUT2D eigenvalue weighted by atomic mass is 16.6. The Kier molecular flexibility index (Phi) is 3.44. The van der Waals surface area contributed by atoms with E-state index in [0.717, 1.165) is 4.90 Å². The molecule has 0 aliphatic carbocycles. The van der Waals surface area contributed by atoms with Gasteiger partial charge in [-0.2, -0.15) is 0 Å². The molecule has 0 bridgehead atoms. The Morgan fingerprint density at radius 3 is 2.45 bits per heavy atom. The number of nitrogens with one attached hydrogen (secondary N) is 1. The van der Waals surface area contributed by atoms with Crippen molar-refractivity contribution in [3.8, 4) is 0 Å². The smallest absolute Gasteiger partial charge is 0.328 e. The Morgan fingerprint density at radius 1 is 1.35 bits per heavy atom. The second kappa shape index (κ2) is 4.92. The highest BCUT2D eigenvalue weighted by molar-refractivity contribution is 6.17. The van der Waals surface area contributed by atoms with E-state index in [-0.39, 0.29) is 11.6 Å². The molecular formula is C13H15N3O4. The fourth-order valence-electron chi connectivity index (χ4n) is 2.02. The number of urea groups is 1. The number of amides is 3. The molecular weight excluding hydrogens is 262 g/mol. The van der Waals surface area contributed by atoms with Gasteiger partial charge in [-0.05, 0) is 25.5 Å². The van der Waals surface area contributed by atoms with Crippen molar-refractivity contribution in [1.29, 1.82) is 0 Å². The average molecular weight is 277 g/mol. The molecule has 0 radical (unpaired) electrons. The van der Waals surface area contributed by atoms with E-state index in [9.17, 15) is 19.7 Å². The number of benzene rings is 1. The summed E-state index contributed by atoms with van der Waals surface area (Å²) < 4.78 is 0. The van der Waals surface area contributed by atoms with E-state index in [4.69, 9.17) is 0 Å². The van der Waals surface area contributed by atoms with E-state index in [0.29, 0.717) is 18.7 Å². The van der Waals surface area contributed by atoms with Gasteiger partial charge in [-0.25, -0.2) is 9.69 Å². The maximum Gasteiger partial charge on any atom is 0.328 e. The zero-order chi connectivity index (χ0) is 14.9. The van der Waals surface area contributed by atoms with Gasteiger partial charge in [-0.3, -0.25) is 14.9 Å². The molecule has 3 amide bonds. The van der Waals surface area contributed by atoms with Crippen LogP contribution in [0.25, 0.3) is 0 Å². The summed E-state index contributed by atoms with van der Waals surface area (Å²) in [6, 6.07) is 4.84. The van der Waals surface area contributed by atoms with E-state index in [1.807, 2.05) is 6.92 Å². The highest BCUT2D eigenvalue weighted by Crippen LogP contribution is 2.30. The first-order valence-corrected chi connectivity index (χ1v) is 6.26. The van der Waals surface area contributed by atoms with Crippen molar-refractivity contribution < 1.29 is 14.5 Å². The van der Waals surface area contributed by atoms with Gasteiger partial charge in [0, 0.05) is 18.7 Å². The lowest BCUT2D eigenvalue weighted by Gasteiger charge is -2.37. The Morgan fingerprint density at radius 2 is 1.95 bits per heavy atom. The van der Waals surface area contributed by atoms with Crippen LogP contribution in [0.1, 0.15) is 20.3 Å². The second-order valence-corrected chi connectivity index (χ2v) is 4.99. The van der Waals surface area contributed by atoms with Crippen LogP contribution < -0.4 is 10.2 Å². The van der Waals surface area contributed by atoms with Crippen molar-refractivity contribution in [1.82, 2.24) is 5.32 Å². The Balaban J connectivity index is 2.36. The number of rotatable bonds is 3. The van der Waals surface area contributed by atoms with Crippen molar-refractivity contribution in [2.75, 3.05) is 11.4 Å². The highest BCUT2D eigenvalue weighted by Gasteiger charge is 2.43. The molecule has 0 spiro atoms. The first-order valence-electron chi connectivity index (χ1n) is 6.26. The van der Waals surface area contributed by atoms with Gasteiger partial charge in [0.25, 0.3) is 5.69 Å². The maximum absolute atomic E-state index is 12.4. The van der Waals surface area contributed by atoms with E-state index in [1.54, 1.807) is 6.92 Å². The lowest BCUT2D eigenvalue weighted by atomic mass is 9.84. The minimum Gasteiger partial charge on any atom is -0.336 e. The van der Waals surface area contributed by atoms with Crippen LogP contribution in [0.3, 0.4) is 0 Å². The molecule has 7 nitrogen and oxygen atoms in total. The Labute approximate surface area is 115 Å². The number of hydrogen-bond acceptors (Lipinski definition) is 4. The molecule has 1 aromatic carbocycles. The summed E-state index contributed by atoms with van der Waals surface area (Å²) in [6.45, 7) is 3.96. The number of non-ortho nitro benzene ring substituents is 1. The van der Waals surface area contributed by atoms with E-state index in [1.165, 1.54) is 24.3 Å². The molecule has 1 atom stereocenters. The van der Waals surface area contributed by atoms with Gasteiger partial charge in [0.1, 0.15) is 0 Å². The van der Waals surface area contributed by atoms with Crippen LogP contribution in [0, 0.1) is 15.5 Å². The molecule has 1 N–H and O–H groups in total. The predicted molar refractivity (Wildman–Crippen MR) is 72.4 cm³/mol. The summed E-state index contributed by atoms with van der Waals surface area (Å²) >= 11 is 0. The monoisotopic (exact) mass is 277 g/mol. The van der Waals surface area contributed by atoms with Gasteiger partial charge >= 0.3 is 6.03 Å². The zero-order valence-electron chi connectivity index (χ0n) is 11.3. The van der Waals surface area contributed by atoms with Crippen molar-refractivity contribution in [3.05, 3.63) is 34.4 Å². The fourth-order valence-corrected chi connectivity index (χ4v) is 2.02. The quantitative estimate of drug-likeness (QED) is 0.676. The molecule has 106 valence electrons. The molecule has 1 saturated heterocycles. The van der Waals surface area contributed by atoms with E-state index < -0.39 is 16.4 Å². The van der Waals surface area contributed by atoms with Gasteiger partial charge in [-0.15, -0.1) is 0 Å².